The standard InChI is InChI=1S/C23H31N3O4S/c1-6-18-19(7-2)26(31(29,30)22-16(4)12-15(3)13-17(22)5)20(23(28)24-18)14-21(27)25-10-8-9-11-25/h6-7,12-13,20H,8-11,14H2,1-5H3,(H,24,28)/b18-6+,19-7+. The predicted octanol–water partition coefficient (Wildman–Crippen LogP) is 2.92. The molecule has 0 spiro atoms. The molecule has 2 heterocycles. The first-order chi connectivity index (χ1) is 14.6. The lowest BCUT2D eigenvalue weighted by atomic mass is 10.1. The maximum Gasteiger partial charge on any atom is 0.265 e. The molecule has 0 saturated carbocycles. The van der Waals surface area contributed by atoms with Crippen molar-refractivity contribution < 1.29 is 18.0 Å². The monoisotopic (exact) mass is 445 g/mol. The molecular formula is C23H31N3O4S. The number of nitrogens with zero attached hydrogens (tertiary/aromatic N) is 2. The zero-order chi connectivity index (χ0) is 22.9. The minimum absolute atomic E-state index is 0.182. The van der Waals surface area contributed by atoms with Gasteiger partial charge in [-0.3, -0.25) is 13.9 Å². The number of allylic oxidation sites excluding steroid dienone is 2. The van der Waals surface area contributed by atoms with Crippen molar-refractivity contribution in [2.75, 3.05) is 13.1 Å². The molecule has 2 saturated heterocycles. The number of carbonyl (C=O) groups excluding carboxylic acids is 2. The van der Waals surface area contributed by atoms with Gasteiger partial charge in [0, 0.05) is 13.1 Å². The molecule has 7 nitrogen and oxygen atoms in total. The Bertz CT molecular complexity index is 1040. The van der Waals surface area contributed by atoms with Gasteiger partial charge in [0.2, 0.25) is 11.8 Å². The van der Waals surface area contributed by atoms with Gasteiger partial charge in [0.05, 0.1) is 22.7 Å². The fourth-order valence-corrected chi connectivity index (χ4v) is 6.68. The molecule has 0 bridgehead atoms. The normalized spacial score (nSPS) is 22.4. The van der Waals surface area contributed by atoms with Gasteiger partial charge in [-0.2, -0.15) is 0 Å². The first-order valence-corrected chi connectivity index (χ1v) is 12.1. The van der Waals surface area contributed by atoms with Gasteiger partial charge in [-0.25, -0.2) is 8.42 Å². The number of likely N-dealkylation sites (tertiary alicyclic amines) is 1. The summed E-state index contributed by atoms with van der Waals surface area (Å²) < 4.78 is 29.1. The molecule has 1 aromatic rings. The van der Waals surface area contributed by atoms with Crippen LogP contribution in [0.15, 0.2) is 40.6 Å². The van der Waals surface area contributed by atoms with Crippen LogP contribution in [0.5, 0.6) is 0 Å². The number of benzene rings is 1. The number of piperazine rings is 1. The second-order valence-electron chi connectivity index (χ2n) is 8.20. The van der Waals surface area contributed by atoms with E-state index < -0.39 is 22.0 Å². The van der Waals surface area contributed by atoms with Crippen molar-refractivity contribution in [3.8, 4) is 0 Å². The molecule has 31 heavy (non-hydrogen) atoms. The molecule has 1 N–H and O–H groups in total. The molecule has 0 radical (unpaired) electrons. The highest BCUT2D eigenvalue weighted by Crippen LogP contribution is 2.34. The molecule has 1 aromatic carbocycles. The molecular weight excluding hydrogens is 414 g/mol. The Morgan fingerprint density at radius 3 is 2.19 bits per heavy atom. The summed E-state index contributed by atoms with van der Waals surface area (Å²) >= 11 is 0. The van der Waals surface area contributed by atoms with Crippen molar-refractivity contribution in [1.82, 2.24) is 14.5 Å². The SMILES string of the molecule is C/C=C1/NC(=O)C(CC(=O)N2CCCC2)N(S(=O)(=O)c2c(C)cc(C)cc2C)/C1=C/C. The quantitative estimate of drug-likeness (QED) is 0.772. The largest absolute Gasteiger partial charge is 0.343 e. The van der Waals surface area contributed by atoms with Gasteiger partial charge in [0.15, 0.2) is 0 Å². The highest BCUT2D eigenvalue weighted by molar-refractivity contribution is 7.89. The van der Waals surface area contributed by atoms with Crippen LogP contribution in [0.25, 0.3) is 0 Å². The topological polar surface area (TPSA) is 86.8 Å². The Hall–Kier alpha value is -2.61. The fourth-order valence-electron chi connectivity index (χ4n) is 4.58. The van der Waals surface area contributed by atoms with E-state index in [9.17, 15) is 18.0 Å². The van der Waals surface area contributed by atoms with E-state index in [2.05, 4.69) is 5.32 Å². The highest BCUT2D eigenvalue weighted by Gasteiger charge is 2.44. The Kier molecular flexibility index (Phi) is 6.59. The second-order valence-corrected chi connectivity index (χ2v) is 9.95. The van der Waals surface area contributed by atoms with Crippen LogP contribution >= 0.6 is 0 Å². The van der Waals surface area contributed by atoms with Crippen LogP contribution in [-0.4, -0.2) is 48.6 Å². The van der Waals surface area contributed by atoms with Gasteiger partial charge in [0.1, 0.15) is 6.04 Å². The summed E-state index contributed by atoms with van der Waals surface area (Å²) in [6.07, 6.45) is 5.00. The molecule has 2 aliphatic heterocycles. The number of hydrogen-bond acceptors (Lipinski definition) is 4. The summed E-state index contributed by atoms with van der Waals surface area (Å²) in [6.45, 7) is 10.2. The predicted molar refractivity (Wildman–Crippen MR) is 120 cm³/mol. The Morgan fingerprint density at radius 1 is 1.10 bits per heavy atom. The molecule has 1 unspecified atom stereocenters. The van der Waals surface area contributed by atoms with Gasteiger partial charge in [-0.05, 0) is 58.6 Å². The highest BCUT2D eigenvalue weighted by atomic mass is 32.2. The summed E-state index contributed by atoms with van der Waals surface area (Å²) in [7, 11) is -4.10. The average molecular weight is 446 g/mol. The summed E-state index contributed by atoms with van der Waals surface area (Å²) in [5, 5.41) is 2.78. The van der Waals surface area contributed by atoms with Crippen molar-refractivity contribution >= 4 is 21.8 Å². The van der Waals surface area contributed by atoms with Gasteiger partial charge in [0.25, 0.3) is 10.0 Å². The Balaban J connectivity index is 2.14. The summed E-state index contributed by atoms with van der Waals surface area (Å²) in [6, 6.07) is 2.49. The Morgan fingerprint density at radius 2 is 1.68 bits per heavy atom. The lowest BCUT2D eigenvalue weighted by Crippen LogP contribution is -2.56. The van der Waals surface area contributed by atoms with Crippen molar-refractivity contribution in [2.24, 2.45) is 0 Å². The summed E-state index contributed by atoms with van der Waals surface area (Å²) in [5.41, 5.74) is 2.99. The van der Waals surface area contributed by atoms with Crippen LogP contribution in [0.1, 0.15) is 49.8 Å². The van der Waals surface area contributed by atoms with Crippen molar-refractivity contribution in [3.05, 3.63) is 52.4 Å². The number of sulfonamides is 1. The summed E-state index contributed by atoms with van der Waals surface area (Å²) in [5.74, 6) is -0.688. The maximum absolute atomic E-state index is 14.0. The lowest BCUT2D eigenvalue weighted by molar-refractivity contribution is -0.135. The van der Waals surface area contributed by atoms with Gasteiger partial charge >= 0.3 is 0 Å². The van der Waals surface area contributed by atoms with E-state index in [1.807, 2.05) is 19.1 Å². The van der Waals surface area contributed by atoms with E-state index in [4.69, 9.17) is 0 Å². The van der Waals surface area contributed by atoms with Crippen molar-refractivity contribution in [3.63, 3.8) is 0 Å². The van der Waals surface area contributed by atoms with Crippen LogP contribution < -0.4 is 5.32 Å². The van der Waals surface area contributed by atoms with Crippen molar-refractivity contribution in [1.29, 1.82) is 0 Å². The molecule has 0 aliphatic carbocycles. The molecule has 8 heteroatoms. The number of nitrogens with one attached hydrogen (secondary N) is 1. The number of rotatable bonds is 4. The molecule has 0 aromatic heterocycles. The number of amides is 2. The number of carbonyl (C=O) groups is 2. The minimum atomic E-state index is -4.10. The first kappa shape index (κ1) is 23.1. The molecule has 1 atom stereocenters. The molecule has 2 amide bonds. The Labute approximate surface area is 184 Å². The van der Waals surface area contributed by atoms with Crippen LogP contribution in [0, 0.1) is 20.8 Å². The van der Waals surface area contributed by atoms with Crippen LogP contribution in [0.3, 0.4) is 0 Å². The van der Waals surface area contributed by atoms with Gasteiger partial charge in [-0.15, -0.1) is 0 Å². The number of aryl methyl sites for hydroxylation is 3. The average Bonchev–Trinajstić information content (AvgIpc) is 3.22. The van der Waals surface area contributed by atoms with Crippen LogP contribution in [-0.2, 0) is 19.6 Å². The van der Waals surface area contributed by atoms with E-state index in [1.165, 1.54) is 0 Å². The lowest BCUT2D eigenvalue weighted by Gasteiger charge is -2.39. The third-order valence-corrected chi connectivity index (χ3v) is 8.00. The third-order valence-electron chi connectivity index (χ3n) is 5.87. The fraction of sp³-hybridized carbons (Fsp3) is 0.478. The van der Waals surface area contributed by atoms with E-state index in [0.29, 0.717) is 35.6 Å². The molecule has 2 fully saturated rings. The van der Waals surface area contributed by atoms with E-state index in [1.54, 1.807) is 44.7 Å². The molecule has 2 aliphatic rings. The van der Waals surface area contributed by atoms with Crippen LogP contribution in [0.4, 0.5) is 0 Å². The summed E-state index contributed by atoms with van der Waals surface area (Å²) in [4.78, 5) is 27.8. The van der Waals surface area contributed by atoms with Gasteiger partial charge < -0.3 is 10.2 Å². The van der Waals surface area contributed by atoms with Crippen LogP contribution in [0.2, 0.25) is 0 Å². The van der Waals surface area contributed by atoms with E-state index >= 15 is 0 Å². The van der Waals surface area contributed by atoms with Gasteiger partial charge in [-0.1, -0.05) is 29.8 Å². The second kappa shape index (κ2) is 8.86. The zero-order valence-corrected chi connectivity index (χ0v) is 19.7. The molecule has 3 rings (SSSR count). The van der Waals surface area contributed by atoms with Crippen molar-refractivity contribution in [2.45, 2.75) is 64.8 Å². The first-order valence-electron chi connectivity index (χ1n) is 10.7. The smallest absolute Gasteiger partial charge is 0.265 e. The maximum atomic E-state index is 14.0. The van der Waals surface area contributed by atoms with E-state index in [-0.39, 0.29) is 17.2 Å². The zero-order valence-electron chi connectivity index (χ0n) is 18.9. The van der Waals surface area contributed by atoms with E-state index in [0.717, 1.165) is 22.7 Å². The number of hydrogen-bond donors (Lipinski definition) is 1. The minimum Gasteiger partial charge on any atom is -0.343 e. The third kappa shape index (κ3) is 4.26. The molecule has 168 valence electrons.